The van der Waals surface area contributed by atoms with Crippen molar-refractivity contribution < 1.29 is 13.3 Å². The molecule has 0 aliphatic heterocycles. The lowest BCUT2D eigenvalue weighted by Gasteiger charge is -2.50. The van der Waals surface area contributed by atoms with E-state index in [1.54, 1.807) is 0 Å². The Kier molecular flexibility index (Phi) is 4.30. The molecule has 0 heterocycles. The second-order valence-electron chi connectivity index (χ2n) is 8.21. The highest BCUT2D eigenvalue weighted by molar-refractivity contribution is 6.71. The van der Waals surface area contributed by atoms with Gasteiger partial charge in [-0.1, -0.05) is 12.2 Å². The van der Waals surface area contributed by atoms with Gasteiger partial charge in [-0.3, -0.25) is 0 Å². The highest BCUT2D eigenvalue weighted by Crippen LogP contribution is 2.58. The average molecular weight is 331 g/mol. The maximum absolute atomic E-state index is 6.57. The fourth-order valence-electron chi connectivity index (χ4n) is 3.45. The predicted molar refractivity (Wildman–Crippen MR) is 91.5 cm³/mol. The van der Waals surface area contributed by atoms with Crippen LogP contribution in [-0.2, 0) is 13.3 Å². The molecule has 0 N–H and O–H groups in total. The van der Waals surface area contributed by atoms with Crippen molar-refractivity contribution in [2.45, 2.75) is 64.5 Å². The van der Waals surface area contributed by atoms with Gasteiger partial charge in [0.25, 0.3) is 5.97 Å². The standard InChI is InChI=1S/C14H30O3Si3/c1-19(2,3)16-14(15-18,17-20(4,5)6)13-9-7-12(11-13)8-10-13/h7,9,12H,8,10-11H2,1-6,18H3. The molecule has 1 fully saturated rings. The molecule has 3 nitrogen and oxygen atoms in total. The van der Waals surface area contributed by atoms with Crippen molar-refractivity contribution in [3.05, 3.63) is 12.2 Å². The van der Waals surface area contributed by atoms with Crippen LogP contribution in [-0.4, -0.2) is 33.1 Å². The normalized spacial score (nSPS) is 30.4. The van der Waals surface area contributed by atoms with E-state index in [0.29, 0.717) is 16.4 Å². The van der Waals surface area contributed by atoms with Gasteiger partial charge in [0, 0.05) is 0 Å². The Labute approximate surface area is 128 Å². The van der Waals surface area contributed by atoms with Crippen molar-refractivity contribution in [1.82, 2.24) is 0 Å². The zero-order chi connectivity index (χ0) is 15.2. The summed E-state index contributed by atoms with van der Waals surface area (Å²) in [5, 5.41) is 0. The Morgan fingerprint density at radius 3 is 1.90 bits per heavy atom. The number of hydrogen-bond donors (Lipinski definition) is 0. The molecule has 6 heteroatoms. The van der Waals surface area contributed by atoms with Crippen LogP contribution in [0.2, 0.25) is 39.3 Å². The minimum atomic E-state index is -1.77. The van der Waals surface area contributed by atoms with Gasteiger partial charge in [-0.25, -0.2) is 0 Å². The van der Waals surface area contributed by atoms with Crippen molar-refractivity contribution in [2.75, 3.05) is 0 Å². The first-order valence-corrected chi connectivity index (χ1v) is 15.3. The number of fused-ring (bicyclic) bond motifs is 2. The van der Waals surface area contributed by atoms with Crippen LogP contribution in [0.15, 0.2) is 12.2 Å². The fourth-order valence-corrected chi connectivity index (χ4v) is 6.71. The lowest BCUT2D eigenvalue weighted by atomic mass is 9.85. The van der Waals surface area contributed by atoms with Crippen molar-refractivity contribution in [3.8, 4) is 0 Å². The second kappa shape index (κ2) is 5.17. The minimum Gasteiger partial charge on any atom is -0.381 e. The predicted octanol–water partition coefficient (Wildman–Crippen LogP) is 3.00. The zero-order valence-corrected chi connectivity index (χ0v) is 18.1. The molecule has 0 saturated heterocycles. The first-order chi connectivity index (χ1) is 9.01. The van der Waals surface area contributed by atoms with E-state index >= 15 is 0 Å². The lowest BCUT2D eigenvalue weighted by molar-refractivity contribution is -0.317. The van der Waals surface area contributed by atoms with E-state index in [-0.39, 0.29) is 5.41 Å². The van der Waals surface area contributed by atoms with Gasteiger partial charge in [0.05, 0.1) is 5.41 Å². The molecule has 2 rings (SSSR count). The van der Waals surface area contributed by atoms with E-state index in [4.69, 9.17) is 13.3 Å². The minimum absolute atomic E-state index is 0.0556. The molecule has 0 aromatic carbocycles. The molecule has 2 aliphatic rings. The molecule has 2 aliphatic carbocycles. The van der Waals surface area contributed by atoms with Gasteiger partial charge >= 0.3 is 0 Å². The van der Waals surface area contributed by atoms with Gasteiger partial charge in [0.15, 0.2) is 27.1 Å². The first kappa shape index (κ1) is 16.6. The maximum atomic E-state index is 6.57. The Bertz CT molecular complexity index is 381. The van der Waals surface area contributed by atoms with Crippen LogP contribution >= 0.6 is 0 Å². The molecular formula is C14H30O3Si3. The molecule has 0 aromatic rings. The monoisotopic (exact) mass is 330 g/mol. The zero-order valence-electron chi connectivity index (χ0n) is 14.1. The quantitative estimate of drug-likeness (QED) is 0.426. The second-order valence-corrected chi connectivity index (χ2v) is 17.5. The summed E-state index contributed by atoms with van der Waals surface area (Å²) in [6.07, 6.45) is 8.18. The summed E-state index contributed by atoms with van der Waals surface area (Å²) in [5.74, 6) is -0.128. The van der Waals surface area contributed by atoms with Crippen LogP contribution in [0, 0.1) is 11.3 Å². The third-order valence-corrected chi connectivity index (χ3v) is 6.33. The van der Waals surface area contributed by atoms with Crippen molar-refractivity contribution in [2.24, 2.45) is 11.3 Å². The van der Waals surface area contributed by atoms with Crippen LogP contribution in [0.5, 0.6) is 0 Å². The largest absolute Gasteiger partial charge is 0.381 e. The molecule has 0 spiro atoms. The fraction of sp³-hybridized carbons (Fsp3) is 0.857. The highest BCUT2D eigenvalue weighted by atomic mass is 28.4. The molecule has 116 valence electrons. The number of allylic oxidation sites excluding steroid dienone is 1. The van der Waals surface area contributed by atoms with E-state index in [0.717, 1.165) is 12.8 Å². The Morgan fingerprint density at radius 2 is 1.65 bits per heavy atom. The van der Waals surface area contributed by atoms with Crippen molar-refractivity contribution in [1.29, 1.82) is 0 Å². The summed E-state index contributed by atoms with van der Waals surface area (Å²) in [6.45, 7) is 13.3. The third-order valence-electron chi connectivity index (χ3n) is 4.03. The summed E-state index contributed by atoms with van der Waals surface area (Å²) < 4.78 is 19.2. The van der Waals surface area contributed by atoms with E-state index in [1.807, 2.05) is 0 Å². The van der Waals surface area contributed by atoms with Gasteiger partial charge in [0.2, 0.25) is 0 Å². The maximum Gasteiger partial charge on any atom is 0.263 e. The molecule has 0 aromatic heterocycles. The first-order valence-electron chi connectivity index (χ1n) is 7.66. The number of hydrogen-bond acceptors (Lipinski definition) is 3. The smallest absolute Gasteiger partial charge is 0.263 e. The molecule has 2 atom stereocenters. The molecule has 2 bridgehead atoms. The van der Waals surface area contributed by atoms with Crippen LogP contribution < -0.4 is 0 Å². The topological polar surface area (TPSA) is 27.7 Å². The van der Waals surface area contributed by atoms with Crippen LogP contribution in [0.3, 0.4) is 0 Å². The van der Waals surface area contributed by atoms with E-state index < -0.39 is 22.6 Å². The van der Waals surface area contributed by atoms with Crippen LogP contribution in [0.25, 0.3) is 0 Å². The van der Waals surface area contributed by atoms with Gasteiger partial charge in [-0.05, 0) is 64.5 Å². The molecular weight excluding hydrogens is 300 g/mol. The van der Waals surface area contributed by atoms with E-state index in [9.17, 15) is 0 Å². The molecule has 20 heavy (non-hydrogen) atoms. The summed E-state index contributed by atoms with van der Waals surface area (Å²) in [4.78, 5) is 0. The Hall–Kier alpha value is 0.271. The third kappa shape index (κ3) is 3.20. The summed E-state index contributed by atoms with van der Waals surface area (Å²) in [6, 6.07) is 0. The highest BCUT2D eigenvalue weighted by Gasteiger charge is 2.60. The SMILES string of the molecule is C[Si](C)(C)OC(O[SiH3])(O[Si](C)(C)C)C12C=CC(CC1)C2. The van der Waals surface area contributed by atoms with E-state index in [1.165, 1.54) is 6.42 Å². The van der Waals surface area contributed by atoms with Crippen molar-refractivity contribution >= 4 is 27.1 Å². The van der Waals surface area contributed by atoms with Gasteiger partial charge in [-0.15, -0.1) is 0 Å². The van der Waals surface area contributed by atoms with Crippen molar-refractivity contribution in [3.63, 3.8) is 0 Å². The molecule has 0 radical (unpaired) electrons. The number of rotatable bonds is 6. The Balaban J connectivity index is 2.39. The lowest BCUT2D eigenvalue weighted by Crippen LogP contribution is -2.60. The van der Waals surface area contributed by atoms with Gasteiger partial charge in [0.1, 0.15) is 0 Å². The molecule has 2 unspecified atom stereocenters. The van der Waals surface area contributed by atoms with Gasteiger partial charge < -0.3 is 13.3 Å². The molecule has 0 amide bonds. The van der Waals surface area contributed by atoms with Crippen LogP contribution in [0.1, 0.15) is 19.3 Å². The summed E-state index contributed by atoms with van der Waals surface area (Å²) in [7, 11) is -2.90. The van der Waals surface area contributed by atoms with Crippen LogP contribution in [0.4, 0.5) is 0 Å². The Morgan fingerprint density at radius 1 is 1.10 bits per heavy atom. The summed E-state index contributed by atoms with van der Waals surface area (Å²) >= 11 is 0. The van der Waals surface area contributed by atoms with Gasteiger partial charge in [-0.2, -0.15) is 0 Å². The average Bonchev–Trinajstić information content (AvgIpc) is 2.85. The molecule has 1 saturated carbocycles. The van der Waals surface area contributed by atoms with E-state index in [2.05, 4.69) is 51.4 Å². The summed E-state index contributed by atoms with van der Waals surface area (Å²) in [5.41, 5.74) is -0.0556.